The van der Waals surface area contributed by atoms with E-state index in [0.717, 1.165) is 54.8 Å². The molecule has 4 aliphatic rings. The van der Waals surface area contributed by atoms with Crippen molar-refractivity contribution in [2.24, 2.45) is 52.3 Å². The molecule has 2 nitrogen and oxygen atoms in total. The Hall–Kier alpha value is -1.05. The predicted octanol–water partition coefficient (Wildman–Crippen LogP) is 9.54. The Morgan fingerprint density at radius 3 is 2.50 bits per heavy atom. The zero-order valence-corrected chi connectivity index (χ0v) is 24.7. The number of rotatable bonds is 9. The van der Waals surface area contributed by atoms with E-state index >= 15 is 0 Å². The number of hydrogen-bond acceptors (Lipinski definition) is 2. The van der Waals surface area contributed by atoms with Crippen LogP contribution in [0.5, 0.6) is 0 Å². The van der Waals surface area contributed by atoms with Gasteiger partial charge in [-0.05, 0) is 104 Å². The highest BCUT2D eigenvalue weighted by molar-refractivity contribution is 5.82. The third-order valence-corrected chi connectivity index (χ3v) is 11.4. The molecule has 0 aliphatic heterocycles. The summed E-state index contributed by atoms with van der Waals surface area (Å²) < 4.78 is 5.91. The first kappa shape index (κ1) is 28.0. The Bertz CT molecular complexity index is 821. The fraction of sp³-hybridized carbons (Fsp3) is 0.853. The maximum atomic E-state index is 12.4. The van der Waals surface area contributed by atoms with Gasteiger partial charge in [0, 0.05) is 12.5 Å². The average molecular weight is 497 g/mol. The lowest BCUT2D eigenvalue weighted by atomic mass is 9.47. The number of esters is 1. The molecule has 8 atom stereocenters. The van der Waals surface area contributed by atoms with Gasteiger partial charge in [-0.2, -0.15) is 0 Å². The monoisotopic (exact) mass is 496 g/mol. The van der Waals surface area contributed by atoms with Gasteiger partial charge in [-0.3, -0.25) is 0 Å². The summed E-state index contributed by atoms with van der Waals surface area (Å²) in [7, 11) is 0. The maximum absolute atomic E-state index is 12.4. The normalized spacial score (nSPS) is 39.0. The third-order valence-electron chi connectivity index (χ3n) is 11.4. The second-order valence-electron chi connectivity index (χ2n) is 14.6. The summed E-state index contributed by atoms with van der Waals surface area (Å²) in [5.74, 6) is 5.66. The minimum atomic E-state index is -0.147. The van der Waals surface area contributed by atoms with Crippen LogP contribution in [-0.4, -0.2) is 12.1 Å². The summed E-state index contributed by atoms with van der Waals surface area (Å²) in [5.41, 5.74) is 2.48. The van der Waals surface area contributed by atoms with Crippen LogP contribution < -0.4 is 0 Å². The molecule has 0 radical (unpaired) electrons. The summed E-state index contributed by atoms with van der Waals surface area (Å²) in [6.45, 7) is 16.9. The molecule has 0 bridgehead atoms. The van der Waals surface area contributed by atoms with Crippen molar-refractivity contribution >= 4 is 5.97 Å². The standard InChI is InChI=1S/C34H56O2/c1-23(2)10-8-12-25(5)29-16-17-30-28-15-14-26-22-27(36-32(35)13-9-11-24(3)4)18-20-33(26,6)31(28)19-21-34(29,30)7/h9,13-14,23-25,27-31H,8,10-12,15-22H2,1-7H3/b13-9+/t25-,27+,28-,29+,30-,31-,33-,34+/m0/s1. The van der Waals surface area contributed by atoms with Crippen molar-refractivity contribution in [2.75, 3.05) is 0 Å². The van der Waals surface area contributed by atoms with Crippen molar-refractivity contribution in [3.05, 3.63) is 23.8 Å². The molecule has 36 heavy (non-hydrogen) atoms. The maximum Gasteiger partial charge on any atom is 0.330 e. The van der Waals surface area contributed by atoms with E-state index in [2.05, 4.69) is 54.5 Å². The molecular formula is C34H56O2. The highest BCUT2D eigenvalue weighted by Crippen LogP contribution is 2.67. The first-order valence-corrected chi connectivity index (χ1v) is 15.6. The SMILES string of the molecule is CC(C)C/C=C/C(=O)O[C@@H]1CC[C@@]2(C)C(=CC[C@H]3[C@@H]4CC[C@H]([C@@H](C)CCCC(C)C)[C@@]4(C)CC[C@@H]32)C1. The van der Waals surface area contributed by atoms with Gasteiger partial charge in [0.1, 0.15) is 6.10 Å². The molecule has 2 heteroatoms. The Kier molecular flexibility index (Phi) is 8.83. The minimum absolute atomic E-state index is 0.0634. The van der Waals surface area contributed by atoms with Crippen molar-refractivity contribution in [1.29, 1.82) is 0 Å². The van der Waals surface area contributed by atoms with E-state index in [9.17, 15) is 4.79 Å². The van der Waals surface area contributed by atoms with E-state index in [0.29, 0.717) is 16.7 Å². The third kappa shape index (κ3) is 5.68. The molecule has 0 amide bonds. The van der Waals surface area contributed by atoms with Gasteiger partial charge in [0.15, 0.2) is 0 Å². The highest BCUT2D eigenvalue weighted by atomic mass is 16.5. The zero-order valence-electron chi connectivity index (χ0n) is 24.7. The molecular weight excluding hydrogens is 440 g/mol. The smallest absolute Gasteiger partial charge is 0.330 e. The first-order chi connectivity index (χ1) is 17.0. The molecule has 0 N–H and O–H groups in total. The van der Waals surface area contributed by atoms with Crippen LogP contribution in [0.2, 0.25) is 0 Å². The molecule has 0 aromatic carbocycles. The van der Waals surface area contributed by atoms with Crippen molar-refractivity contribution in [3.63, 3.8) is 0 Å². The molecule has 204 valence electrons. The van der Waals surface area contributed by atoms with Gasteiger partial charge in [-0.1, -0.05) is 85.5 Å². The molecule has 0 aromatic heterocycles. The minimum Gasteiger partial charge on any atom is -0.459 e. The van der Waals surface area contributed by atoms with E-state index in [1.807, 2.05) is 6.08 Å². The molecule has 3 fully saturated rings. The van der Waals surface area contributed by atoms with Crippen molar-refractivity contribution in [1.82, 2.24) is 0 Å². The Morgan fingerprint density at radius 1 is 1.00 bits per heavy atom. The molecule has 4 aliphatic carbocycles. The quantitative estimate of drug-likeness (QED) is 0.180. The van der Waals surface area contributed by atoms with Gasteiger partial charge in [-0.25, -0.2) is 4.79 Å². The van der Waals surface area contributed by atoms with Gasteiger partial charge in [0.25, 0.3) is 0 Å². The summed E-state index contributed by atoms with van der Waals surface area (Å²) in [5, 5.41) is 0. The number of allylic oxidation sites excluding steroid dienone is 2. The second kappa shape index (κ2) is 11.4. The lowest BCUT2D eigenvalue weighted by Crippen LogP contribution is -2.51. The number of fused-ring (bicyclic) bond motifs is 5. The summed E-state index contributed by atoms with van der Waals surface area (Å²) in [6.07, 6.45) is 21.6. The molecule has 3 saturated carbocycles. The van der Waals surface area contributed by atoms with Crippen LogP contribution in [0.4, 0.5) is 0 Å². The zero-order chi connectivity index (χ0) is 26.1. The first-order valence-electron chi connectivity index (χ1n) is 15.6. The lowest BCUT2D eigenvalue weighted by Gasteiger charge is -2.58. The summed E-state index contributed by atoms with van der Waals surface area (Å²) in [6, 6.07) is 0. The van der Waals surface area contributed by atoms with Gasteiger partial charge in [0.05, 0.1) is 0 Å². The van der Waals surface area contributed by atoms with Gasteiger partial charge in [0.2, 0.25) is 0 Å². The second-order valence-corrected chi connectivity index (χ2v) is 14.6. The molecule has 0 unspecified atom stereocenters. The van der Waals surface area contributed by atoms with E-state index in [1.54, 1.807) is 11.6 Å². The van der Waals surface area contributed by atoms with Crippen LogP contribution >= 0.6 is 0 Å². The van der Waals surface area contributed by atoms with Crippen LogP contribution in [0.25, 0.3) is 0 Å². The summed E-state index contributed by atoms with van der Waals surface area (Å²) in [4.78, 5) is 12.4. The van der Waals surface area contributed by atoms with Crippen molar-refractivity contribution < 1.29 is 9.53 Å². The Balaban J connectivity index is 1.39. The largest absolute Gasteiger partial charge is 0.459 e. The van der Waals surface area contributed by atoms with E-state index in [4.69, 9.17) is 4.74 Å². The van der Waals surface area contributed by atoms with Crippen LogP contribution in [-0.2, 0) is 9.53 Å². The van der Waals surface area contributed by atoms with E-state index in [-0.39, 0.29) is 12.1 Å². The number of carbonyl (C=O) groups is 1. The average Bonchev–Trinajstić information content (AvgIpc) is 3.16. The molecule has 0 aromatic rings. The molecule has 4 rings (SSSR count). The number of ether oxygens (including phenoxy) is 1. The topological polar surface area (TPSA) is 26.3 Å². The Labute approximate surface area is 223 Å². The van der Waals surface area contributed by atoms with Gasteiger partial charge < -0.3 is 4.74 Å². The van der Waals surface area contributed by atoms with E-state index < -0.39 is 0 Å². The van der Waals surface area contributed by atoms with Crippen molar-refractivity contribution in [2.45, 2.75) is 132 Å². The molecule has 0 spiro atoms. The van der Waals surface area contributed by atoms with Crippen LogP contribution in [0, 0.1) is 52.3 Å². The van der Waals surface area contributed by atoms with Crippen LogP contribution in [0.1, 0.15) is 126 Å². The van der Waals surface area contributed by atoms with Crippen LogP contribution in [0.3, 0.4) is 0 Å². The highest BCUT2D eigenvalue weighted by Gasteiger charge is 2.59. The molecule has 0 saturated heterocycles. The van der Waals surface area contributed by atoms with Gasteiger partial charge in [-0.15, -0.1) is 0 Å². The lowest BCUT2D eigenvalue weighted by molar-refractivity contribution is -0.145. The fourth-order valence-electron chi connectivity index (χ4n) is 9.39. The molecule has 0 heterocycles. The number of carbonyl (C=O) groups excluding carboxylic acids is 1. The number of hydrogen-bond donors (Lipinski definition) is 0. The van der Waals surface area contributed by atoms with Gasteiger partial charge >= 0.3 is 5.97 Å². The Morgan fingerprint density at radius 2 is 1.78 bits per heavy atom. The predicted molar refractivity (Wildman–Crippen MR) is 152 cm³/mol. The fourth-order valence-corrected chi connectivity index (χ4v) is 9.39. The van der Waals surface area contributed by atoms with E-state index in [1.165, 1.54) is 57.8 Å². The summed E-state index contributed by atoms with van der Waals surface area (Å²) >= 11 is 0. The van der Waals surface area contributed by atoms with Crippen molar-refractivity contribution in [3.8, 4) is 0 Å². The van der Waals surface area contributed by atoms with Crippen LogP contribution in [0.15, 0.2) is 23.8 Å².